The van der Waals surface area contributed by atoms with Crippen LogP contribution in [0.1, 0.15) is 24.1 Å². The first-order chi connectivity index (χ1) is 8.61. The molecule has 1 saturated heterocycles. The van der Waals surface area contributed by atoms with Crippen LogP contribution in [-0.2, 0) is 6.54 Å². The number of anilines is 1. The van der Waals surface area contributed by atoms with Gasteiger partial charge < -0.3 is 15.5 Å². The smallest absolute Gasteiger partial charge is 0.225 e. The SMILES string of the molecule is Cc1nc(N2CCC(N(C)C)CC2)ncc1CN. The molecular formula is C13H23N5. The second-order valence-electron chi connectivity index (χ2n) is 5.17. The molecule has 2 N–H and O–H groups in total. The number of nitrogens with two attached hydrogens (primary N) is 1. The van der Waals surface area contributed by atoms with E-state index in [1.165, 1.54) is 12.8 Å². The first-order valence-corrected chi connectivity index (χ1v) is 6.55. The number of aromatic nitrogens is 2. The monoisotopic (exact) mass is 249 g/mol. The minimum atomic E-state index is 0.509. The zero-order valence-electron chi connectivity index (χ0n) is 11.6. The Labute approximate surface area is 109 Å². The standard InChI is InChI=1S/C13H23N5/c1-10-11(8-14)9-15-13(16-10)18-6-4-12(5-7-18)17(2)3/h9,12H,4-8,14H2,1-3H3. The molecule has 2 rings (SSSR count). The minimum Gasteiger partial charge on any atom is -0.341 e. The summed E-state index contributed by atoms with van der Waals surface area (Å²) >= 11 is 0. The van der Waals surface area contributed by atoms with Gasteiger partial charge in [0.2, 0.25) is 5.95 Å². The molecule has 2 heterocycles. The van der Waals surface area contributed by atoms with Crippen LogP contribution in [0.25, 0.3) is 0 Å². The van der Waals surface area contributed by atoms with E-state index in [1.807, 2.05) is 13.1 Å². The lowest BCUT2D eigenvalue weighted by Crippen LogP contribution is -2.42. The van der Waals surface area contributed by atoms with Crippen molar-refractivity contribution in [3.63, 3.8) is 0 Å². The number of nitrogens with zero attached hydrogens (tertiary/aromatic N) is 4. The highest BCUT2D eigenvalue weighted by atomic mass is 15.3. The first-order valence-electron chi connectivity index (χ1n) is 6.55. The van der Waals surface area contributed by atoms with Crippen LogP contribution in [0.3, 0.4) is 0 Å². The van der Waals surface area contributed by atoms with Gasteiger partial charge in [0, 0.05) is 43.1 Å². The van der Waals surface area contributed by atoms with Crippen molar-refractivity contribution >= 4 is 5.95 Å². The van der Waals surface area contributed by atoms with Gasteiger partial charge in [-0.15, -0.1) is 0 Å². The van der Waals surface area contributed by atoms with E-state index in [1.54, 1.807) is 0 Å². The molecular weight excluding hydrogens is 226 g/mol. The topological polar surface area (TPSA) is 58.3 Å². The Morgan fingerprint density at radius 2 is 2.06 bits per heavy atom. The maximum Gasteiger partial charge on any atom is 0.225 e. The third kappa shape index (κ3) is 2.79. The van der Waals surface area contributed by atoms with Crippen LogP contribution < -0.4 is 10.6 Å². The zero-order valence-corrected chi connectivity index (χ0v) is 11.6. The molecule has 0 unspecified atom stereocenters. The Morgan fingerprint density at radius 3 is 2.56 bits per heavy atom. The number of rotatable bonds is 3. The summed E-state index contributed by atoms with van der Waals surface area (Å²) in [6, 6.07) is 0.686. The van der Waals surface area contributed by atoms with E-state index in [0.29, 0.717) is 12.6 Å². The van der Waals surface area contributed by atoms with Gasteiger partial charge >= 0.3 is 0 Å². The molecule has 0 aliphatic carbocycles. The molecule has 1 fully saturated rings. The third-order valence-electron chi connectivity index (χ3n) is 3.77. The van der Waals surface area contributed by atoms with Crippen molar-refractivity contribution in [1.82, 2.24) is 14.9 Å². The van der Waals surface area contributed by atoms with Gasteiger partial charge in [0.1, 0.15) is 0 Å². The normalized spacial score (nSPS) is 17.5. The van der Waals surface area contributed by atoms with Crippen molar-refractivity contribution in [3.8, 4) is 0 Å². The van der Waals surface area contributed by atoms with Gasteiger partial charge in [-0.25, -0.2) is 9.97 Å². The Kier molecular flexibility index (Phi) is 4.14. The first kappa shape index (κ1) is 13.2. The largest absolute Gasteiger partial charge is 0.341 e. The second kappa shape index (κ2) is 5.63. The summed E-state index contributed by atoms with van der Waals surface area (Å²) in [4.78, 5) is 13.6. The number of aryl methyl sites for hydroxylation is 1. The average molecular weight is 249 g/mol. The molecule has 1 aromatic rings. The molecule has 0 spiro atoms. The molecule has 0 aromatic carbocycles. The van der Waals surface area contributed by atoms with Crippen molar-refractivity contribution in [1.29, 1.82) is 0 Å². The lowest BCUT2D eigenvalue weighted by atomic mass is 10.0. The van der Waals surface area contributed by atoms with Gasteiger partial charge in [0.05, 0.1) is 0 Å². The molecule has 5 heteroatoms. The summed E-state index contributed by atoms with van der Waals surface area (Å²) in [5, 5.41) is 0. The maximum absolute atomic E-state index is 5.63. The number of piperidine rings is 1. The van der Waals surface area contributed by atoms with Crippen LogP contribution in [-0.4, -0.2) is 48.1 Å². The summed E-state index contributed by atoms with van der Waals surface area (Å²) in [5.74, 6) is 0.849. The van der Waals surface area contributed by atoms with Crippen molar-refractivity contribution in [2.24, 2.45) is 5.73 Å². The van der Waals surface area contributed by atoms with Gasteiger partial charge in [-0.3, -0.25) is 0 Å². The van der Waals surface area contributed by atoms with E-state index in [-0.39, 0.29) is 0 Å². The van der Waals surface area contributed by atoms with E-state index in [0.717, 1.165) is 30.3 Å². The highest BCUT2D eigenvalue weighted by Crippen LogP contribution is 2.19. The van der Waals surface area contributed by atoms with E-state index in [4.69, 9.17) is 5.73 Å². The maximum atomic E-state index is 5.63. The molecule has 18 heavy (non-hydrogen) atoms. The van der Waals surface area contributed by atoms with Crippen LogP contribution >= 0.6 is 0 Å². The van der Waals surface area contributed by atoms with Crippen LogP contribution in [0.2, 0.25) is 0 Å². The predicted molar refractivity (Wildman–Crippen MR) is 73.6 cm³/mol. The summed E-state index contributed by atoms with van der Waals surface area (Å²) < 4.78 is 0. The lowest BCUT2D eigenvalue weighted by molar-refractivity contribution is 0.249. The summed E-state index contributed by atoms with van der Waals surface area (Å²) in [6.45, 7) is 4.57. The Bertz CT molecular complexity index is 396. The Morgan fingerprint density at radius 1 is 1.39 bits per heavy atom. The van der Waals surface area contributed by atoms with E-state index in [9.17, 15) is 0 Å². The van der Waals surface area contributed by atoms with Crippen molar-refractivity contribution in [3.05, 3.63) is 17.5 Å². The Balaban J connectivity index is 2.03. The fourth-order valence-electron chi connectivity index (χ4n) is 2.41. The van der Waals surface area contributed by atoms with Gasteiger partial charge in [0.25, 0.3) is 0 Å². The van der Waals surface area contributed by atoms with Crippen molar-refractivity contribution < 1.29 is 0 Å². The molecule has 0 bridgehead atoms. The molecule has 0 radical (unpaired) electrons. The number of hydrogen-bond acceptors (Lipinski definition) is 5. The molecule has 1 aliphatic rings. The van der Waals surface area contributed by atoms with Gasteiger partial charge in [-0.05, 0) is 33.9 Å². The fourth-order valence-corrected chi connectivity index (χ4v) is 2.41. The van der Waals surface area contributed by atoms with Crippen LogP contribution in [0.4, 0.5) is 5.95 Å². The van der Waals surface area contributed by atoms with Crippen molar-refractivity contribution in [2.45, 2.75) is 32.4 Å². The fraction of sp³-hybridized carbons (Fsp3) is 0.692. The second-order valence-corrected chi connectivity index (χ2v) is 5.17. The van der Waals surface area contributed by atoms with E-state index in [2.05, 4.69) is 33.9 Å². The van der Waals surface area contributed by atoms with E-state index < -0.39 is 0 Å². The van der Waals surface area contributed by atoms with Crippen LogP contribution in [0.15, 0.2) is 6.20 Å². The Hall–Kier alpha value is -1.20. The van der Waals surface area contributed by atoms with Gasteiger partial charge in [-0.2, -0.15) is 0 Å². The lowest BCUT2D eigenvalue weighted by Gasteiger charge is -2.35. The molecule has 0 atom stereocenters. The predicted octanol–water partition coefficient (Wildman–Crippen LogP) is 0.774. The van der Waals surface area contributed by atoms with Crippen LogP contribution in [0.5, 0.6) is 0 Å². The molecule has 1 aromatic heterocycles. The van der Waals surface area contributed by atoms with E-state index >= 15 is 0 Å². The van der Waals surface area contributed by atoms with Crippen LogP contribution in [0, 0.1) is 6.92 Å². The van der Waals surface area contributed by atoms with Crippen molar-refractivity contribution in [2.75, 3.05) is 32.1 Å². The zero-order chi connectivity index (χ0) is 13.1. The molecule has 100 valence electrons. The molecule has 5 nitrogen and oxygen atoms in total. The number of hydrogen-bond donors (Lipinski definition) is 1. The average Bonchev–Trinajstić information content (AvgIpc) is 2.38. The summed E-state index contributed by atoms with van der Waals surface area (Å²) in [7, 11) is 4.30. The molecule has 0 amide bonds. The highest BCUT2D eigenvalue weighted by molar-refractivity contribution is 5.33. The third-order valence-corrected chi connectivity index (χ3v) is 3.77. The van der Waals surface area contributed by atoms with Gasteiger partial charge in [0.15, 0.2) is 0 Å². The quantitative estimate of drug-likeness (QED) is 0.857. The molecule has 1 aliphatic heterocycles. The summed E-state index contributed by atoms with van der Waals surface area (Å²) in [5.41, 5.74) is 7.66. The highest BCUT2D eigenvalue weighted by Gasteiger charge is 2.22. The summed E-state index contributed by atoms with van der Waals surface area (Å²) in [6.07, 6.45) is 4.21. The van der Waals surface area contributed by atoms with Gasteiger partial charge in [-0.1, -0.05) is 0 Å². The minimum absolute atomic E-state index is 0.509. The molecule has 0 saturated carbocycles.